The number of allylic oxidation sites excluding steroid dienone is 2. The predicted octanol–water partition coefficient (Wildman–Crippen LogP) is 3.51. The highest BCUT2D eigenvalue weighted by Crippen LogP contribution is 2.28. The summed E-state index contributed by atoms with van der Waals surface area (Å²) in [6.45, 7) is 2.43. The third kappa shape index (κ3) is 4.66. The zero-order valence-corrected chi connectivity index (χ0v) is 17.1. The molecular weight excluding hydrogens is 392 g/mol. The fraction of sp³-hybridized carbons (Fsp3) is 0.435. The SMILES string of the molecule is COC(=O)C1=CC(C)C(CCc2ccc(CN3CCCC3=O)c(F)c2F)C(=O)C=C1. The Morgan fingerprint density at radius 2 is 1.87 bits per heavy atom. The smallest absolute Gasteiger partial charge is 0.337 e. The molecule has 1 amide bonds. The standard InChI is InChI=1S/C23H25F2NO4/c1-14-12-16(23(29)30-2)8-10-19(27)18(14)9-7-15-5-6-17(22(25)21(15)24)13-26-11-3-4-20(26)28/h5-6,8,10,12,14,18H,3-4,7,9,11,13H2,1-2H3. The second kappa shape index (κ2) is 9.32. The number of benzene rings is 1. The zero-order chi connectivity index (χ0) is 21.8. The number of hydrogen-bond donors (Lipinski definition) is 0. The van der Waals surface area contributed by atoms with E-state index in [1.165, 1.54) is 36.3 Å². The van der Waals surface area contributed by atoms with Gasteiger partial charge in [0.2, 0.25) is 5.91 Å². The molecular formula is C23H25F2NO4. The Morgan fingerprint density at radius 3 is 2.53 bits per heavy atom. The maximum atomic E-state index is 14.6. The molecule has 0 saturated carbocycles. The van der Waals surface area contributed by atoms with Crippen LogP contribution in [0.5, 0.6) is 0 Å². The van der Waals surface area contributed by atoms with Crippen LogP contribution in [0, 0.1) is 23.5 Å². The Bertz CT molecular complexity index is 922. The number of amides is 1. The fourth-order valence-electron chi connectivity index (χ4n) is 4.00. The minimum absolute atomic E-state index is 0.0489. The van der Waals surface area contributed by atoms with E-state index in [9.17, 15) is 23.2 Å². The molecule has 0 N–H and O–H groups in total. The number of methoxy groups -OCH3 is 1. The van der Waals surface area contributed by atoms with Gasteiger partial charge in [-0.1, -0.05) is 25.1 Å². The van der Waals surface area contributed by atoms with E-state index in [2.05, 4.69) is 0 Å². The number of likely N-dealkylation sites (tertiary alicyclic amines) is 1. The van der Waals surface area contributed by atoms with Crippen LogP contribution in [0.25, 0.3) is 0 Å². The van der Waals surface area contributed by atoms with Crippen LogP contribution in [0.4, 0.5) is 8.78 Å². The van der Waals surface area contributed by atoms with E-state index in [1.807, 2.05) is 6.92 Å². The maximum Gasteiger partial charge on any atom is 0.337 e. The first-order chi connectivity index (χ1) is 14.3. The van der Waals surface area contributed by atoms with Gasteiger partial charge >= 0.3 is 5.97 Å². The molecule has 1 aromatic carbocycles. The lowest BCUT2D eigenvalue weighted by atomic mass is 9.85. The summed E-state index contributed by atoms with van der Waals surface area (Å²) in [5, 5.41) is 0. The molecule has 0 aromatic heterocycles. The van der Waals surface area contributed by atoms with Crippen molar-refractivity contribution in [3.63, 3.8) is 0 Å². The van der Waals surface area contributed by atoms with Gasteiger partial charge in [-0.25, -0.2) is 13.6 Å². The lowest BCUT2D eigenvalue weighted by molar-refractivity contribution is -0.135. The van der Waals surface area contributed by atoms with E-state index < -0.39 is 23.5 Å². The van der Waals surface area contributed by atoms with Crippen molar-refractivity contribution in [1.82, 2.24) is 4.90 Å². The van der Waals surface area contributed by atoms with Crippen LogP contribution in [0.15, 0.2) is 35.9 Å². The first-order valence-electron chi connectivity index (χ1n) is 10.1. The Balaban J connectivity index is 1.71. The van der Waals surface area contributed by atoms with Crippen LogP contribution in [0.2, 0.25) is 0 Å². The van der Waals surface area contributed by atoms with Crippen molar-refractivity contribution in [2.75, 3.05) is 13.7 Å². The van der Waals surface area contributed by atoms with E-state index >= 15 is 0 Å². The number of carbonyl (C=O) groups is 3. The molecule has 0 radical (unpaired) electrons. The van der Waals surface area contributed by atoms with Crippen molar-refractivity contribution in [3.05, 3.63) is 58.7 Å². The molecule has 1 saturated heterocycles. The third-order valence-corrected chi connectivity index (χ3v) is 5.79. The number of ether oxygens (including phenoxy) is 1. The summed E-state index contributed by atoms with van der Waals surface area (Å²) >= 11 is 0. The van der Waals surface area contributed by atoms with Crippen LogP contribution in [-0.4, -0.2) is 36.2 Å². The largest absolute Gasteiger partial charge is 0.465 e. The molecule has 1 aromatic rings. The van der Waals surface area contributed by atoms with E-state index in [4.69, 9.17) is 4.74 Å². The number of rotatable bonds is 6. The molecule has 2 atom stereocenters. The number of esters is 1. The molecule has 1 aliphatic carbocycles. The van der Waals surface area contributed by atoms with E-state index in [0.29, 0.717) is 25.0 Å². The summed E-state index contributed by atoms with van der Waals surface area (Å²) in [4.78, 5) is 37.5. The summed E-state index contributed by atoms with van der Waals surface area (Å²) in [5.41, 5.74) is 0.646. The van der Waals surface area contributed by atoms with Crippen molar-refractivity contribution in [2.24, 2.45) is 11.8 Å². The average molecular weight is 417 g/mol. The second-order valence-corrected chi connectivity index (χ2v) is 7.78. The average Bonchev–Trinajstić information content (AvgIpc) is 3.07. The molecule has 1 fully saturated rings. The van der Waals surface area contributed by atoms with Crippen LogP contribution in [-0.2, 0) is 32.1 Å². The molecule has 30 heavy (non-hydrogen) atoms. The number of aryl methyl sites for hydroxylation is 1. The quantitative estimate of drug-likeness (QED) is 0.665. The highest BCUT2D eigenvalue weighted by molar-refractivity contribution is 5.98. The first-order valence-corrected chi connectivity index (χ1v) is 10.1. The Labute approximate surface area is 174 Å². The van der Waals surface area contributed by atoms with Crippen molar-refractivity contribution in [3.8, 4) is 0 Å². The highest BCUT2D eigenvalue weighted by Gasteiger charge is 2.27. The van der Waals surface area contributed by atoms with Gasteiger partial charge in [-0.3, -0.25) is 9.59 Å². The lowest BCUT2D eigenvalue weighted by Gasteiger charge is -2.19. The zero-order valence-electron chi connectivity index (χ0n) is 17.1. The molecule has 1 aliphatic heterocycles. The molecule has 5 nitrogen and oxygen atoms in total. The number of halogens is 2. The molecule has 0 bridgehead atoms. The van der Waals surface area contributed by atoms with Gasteiger partial charge in [-0.2, -0.15) is 0 Å². The Kier molecular flexibility index (Phi) is 6.80. The second-order valence-electron chi connectivity index (χ2n) is 7.78. The predicted molar refractivity (Wildman–Crippen MR) is 106 cm³/mol. The van der Waals surface area contributed by atoms with Gasteiger partial charge in [0.15, 0.2) is 17.4 Å². The molecule has 7 heteroatoms. The molecule has 1 heterocycles. The fourth-order valence-corrected chi connectivity index (χ4v) is 4.00. The van der Waals surface area contributed by atoms with Crippen molar-refractivity contribution >= 4 is 17.7 Å². The summed E-state index contributed by atoms with van der Waals surface area (Å²) in [7, 11) is 1.27. The number of ketones is 1. The first kappa shape index (κ1) is 21.9. The monoisotopic (exact) mass is 417 g/mol. The Morgan fingerprint density at radius 1 is 1.17 bits per heavy atom. The van der Waals surface area contributed by atoms with Gasteiger partial charge in [0.25, 0.3) is 0 Å². The van der Waals surface area contributed by atoms with Crippen LogP contribution in [0.3, 0.4) is 0 Å². The summed E-state index contributed by atoms with van der Waals surface area (Å²) in [6.07, 6.45) is 6.11. The Hall–Kier alpha value is -2.83. The van der Waals surface area contributed by atoms with Gasteiger partial charge in [-0.05, 0) is 42.9 Å². The van der Waals surface area contributed by atoms with Gasteiger partial charge in [0.1, 0.15) is 0 Å². The number of nitrogens with zero attached hydrogens (tertiary/aromatic N) is 1. The lowest BCUT2D eigenvalue weighted by Crippen LogP contribution is -2.24. The topological polar surface area (TPSA) is 63.7 Å². The normalized spacial score (nSPS) is 21.6. The van der Waals surface area contributed by atoms with Crippen LogP contribution < -0.4 is 0 Å². The summed E-state index contributed by atoms with van der Waals surface area (Å²) in [5.74, 6) is -3.32. The maximum absolute atomic E-state index is 14.6. The highest BCUT2D eigenvalue weighted by atomic mass is 19.2. The van der Waals surface area contributed by atoms with Gasteiger partial charge < -0.3 is 9.64 Å². The van der Waals surface area contributed by atoms with Crippen molar-refractivity contribution in [2.45, 2.75) is 39.2 Å². The number of carbonyl (C=O) groups excluding carboxylic acids is 3. The third-order valence-electron chi connectivity index (χ3n) is 5.79. The van der Waals surface area contributed by atoms with Crippen LogP contribution in [0.1, 0.15) is 37.3 Å². The van der Waals surface area contributed by atoms with Gasteiger partial charge in [-0.15, -0.1) is 0 Å². The van der Waals surface area contributed by atoms with E-state index in [0.717, 1.165) is 6.42 Å². The van der Waals surface area contributed by atoms with Crippen LogP contribution >= 0.6 is 0 Å². The van der Waals surface area contributed by atoms with Gasteiger partial charge in [0, 0.05) is 31.0 Å². The van der Waals surface area contributed by atoms with Crippen molar-refractivity contribution in [1.29, 1.82) is 0 Å². The van der Waals surface area contributed by atoms with E-state index in [-0.39, 0.29) is 41.7 Å². The van der Waals surface area contributed by atoms with Crippen molar-refractivity contribution < 1.29 is 27.9 Å². The summed E-state index contributed by atoms with van der Waals surface area (Å²) in [6, 6.07) is 3.03. The molecule has 0 spiro atoms. The van der Waals surface area contributed by atoms with Gasteiger partial charge in [0.05, 0.1) is 12.7 Å². The molecule has 2 unspecified atom stereocenters. The summed E-state index contributed by atoms with van der Waals surface area (Å²) < 4.78 is 33.9. The van der Waals surface area contributed by atoms with E-state index in [1.54, 1.807) is 6.08 Å². The molecule has 2 aliphatic rings. The minimum Gasteiger partial charge on any atom is -0.465 e. The minimum atomic E-state index is -0.944. The molecule has 3 rings (SSSR count). The molecule has 160 valence electrons. The number of hydrogen-bond acceptors (Lipinski definition) is 4.